The summed E-state index contributed by atoms with van der Waals surface area (Å²) in [5.74, 6) is 0.303. The smallest absolute Gasteiger partial charge is 0.214 e. The zero-order valence-electron chi connectivity index (χ0n) is 14.6. The molecule has 0 unspecified atom stereocenters. The molecule has 2 heterocycles. The van der Waals surface area contributed by atoms with Gasteiger partial charge in [-0.3, -0.25) is 4.90 Å². The van der Waals surface area contributed by atoms with Crippen molar-refractivity contribution in [3.05, 3.63) is 95.9 Å². The minimum atomic E-state index is -0.420. The summed E-state index contributed by atoms with van der Waals surface area (Å²) in [5, 5.41) is 0. The van der Waals surface area contributed by atoms with E-state index in [9.17, 15) is 4.39 Å². The third kappa shape index (κ3) is 3.60. The first kappa shape index (κ1) is 16.7. The van der Waals surface area contributed by atoms with Crippen molar-refractivity contribution < 1.29 is 4.39 Å². The Morgan fingerprint density at radius 2 is 1.27 bits per heavy atom. The molecule has 132 valence electrons. The lowest BCUT2D eigenvalue weighted by atomic mass is 9.96. The number of hydrogen-bond acceptors (Lipinski definition) is 3. The lowest BCUT2D eigenvalue weighted by molar-refractivity contribution is 0.212. The maximum absolute atomic E-state index is 13.4. The van der Waals surface area contributed by atoms with E-state index in [0.29, 0.717) is 0 Å². The largest absolute Gasteiger partial charge is 0.354 e. The Morgan fingerprint density at radius 1 is 0.692 bits per heavy atom. The fraction of sp³-hybridized carbons (Fsp3) is 0.227. The summed E-state index contributed by atoms with van der Waals surface area (Å²) in [5.41, 5.74) is 2.60. The number of hydrogen-bond donors (Lipinski definition) is 0. The van der Waals surface area contributed by atoms with Gasteiger partial charge in [-0.05, 0) is 23.3 Å². The molecule has 1 aliphatic rings. The highest BCUT2D eigenvalue weighted by atomic mass is 19.1. The molecule has 0 amide bonds. The van der Waals surface area contributed by atoms with E-state index in [1.165, 1.54) is 17.2 Å². The van der Waals surface area contributed by atoms with Gasteiger partial charge in [-0.2, -0.15) is 4.39 Å². The van der Waals surface area contributed by atoms with E-state index in [4.69, 9.17) is 0 Å². The lowest BCUT2D eigenvalue weighted by Gasteiger charge is -2.40. The first-order valence-corrected chi connectivity index (χ1v) is 9.03. The van der Waals surface area contributed by atoms with Crippen molar-refractivity contribution in [2.24, 2.45) is 0 Å². The number of rotatable bonds is 4. The Kier molecular flexibility index (Phi) is 4.93. The second-order valence-corrected chi connectivity index (χ2v) is 6.57. The summed E-state index contributed by atoms with van der Waals surface area (Å²) >= 11 is 0. The molecule has 4 rings (SSSR count). The van der Waals surface area contributed by atoms with E-state index >= 15 is 0 Å². The molecule has 3 nitrogen and oxygen atoms in total. The number of aromatic nitrogens is 1. The first-order chi connectivity index (χ1) is 12.8. The first-order valence-electron chi connectivity index (χ1n) is 9.03. The van der Waals surface area contributed by atoms with Crippen molar-refractivity contribution in [3.63, 3.8) is 0 Å². The Labute approximate surface area is 153 Å². The normalized spacial score (nSPS) is 15.4. The van der Waals surface area contributed by atoms with Crippen molar-refractivity contribution in [1.29, 1.82) is 0 Å². The van der Waals surface area contributed by atoms with E-state index in [-0.39, 0.29) is 6.04 Å². The summed E-state index contributed by atoms with van der Waals surface area (Å²) in [6.07, 6.45) is 0. The second kappa shape index (κ2) is 7.67. The number of pyridine rings is 1. The molecule has 0 bridgehead atoms. The molecule has 1 fully saturated rings. The summed E-state index contributed by atoms with van der Waals surface area (Å²) in [7, 11) is 0. The van der Waals surface area contributed by atoms with Crippen molar-refractivity contribution in [3.8, 4) is 0 Å². The molecular weight excluding hydrogens is 325 g/mol. The molecule has 1 aromatic heterocycles. The van der Waals surface area contributed by atoms with Crippen LogP contribution in [0.2, 0.25) is 0 Å². The predicted molar refractivity (Wildman–Crippen MR) is 103 cm³/mol. The highest BCUT2D eigenvalue weighted by Crippen LogP contribution is 2.30. The van der Waals surface area contributed by atoms with Crippen LogP contribution in [0.25, 0.3) is 0 Å². The average molecular weight is 347 g/mol. The summed E-state index contributed by atoms with van der Waals surface area (Å²) in [6.45, 7) is 3.50. The molecule has 3 aromatic rings. The molecule has 1 aliphatic heterocycles. The van der Waals surface area contributed by atoms with Crippen LogP contribution in [0.4, 0.5) is 10.2 Å². The fourth-order valence-corrected chi connectivity index (χ4v) is 3.67. The molecule has 0 atom stereocenters. The van der Waals surface area contributed by atoms with Crippen LogP contribution >= 0.6 is 0 Å². The SMILES string of the molecule is Fc1cccc(N2CCN(C(c3ccccc3)c3ccccc3)CC2)n1. The minimum Gasteiger partial charge on any atom is -0.354 e. The van der Waals surface area contributed by atoms with Crippen LogP contribution in [0.3, 0.4) is 0 Å². The maximum atomic E-state index is 13.4. The monoisotopic (exact) mass is 347 g/mol. The highest BCUT2D eigenvalue weighted by Gasteiger charge is 2.26. The summed E-state index contributed by atoms with van der Waals surface area (Å²) in [4.78, 5) is 8.68. The second-order valence-electron chi connectivity index (χ2n) is 6.57. The quantitative estimate of drug-likeness (QED) is 0.662. The van der Waals surface area contributed by atoms with Gasteiger partial charge in [0.05, 0.1) is 6.04 Å². The van der Waals surface area contributed by atoms with Crippen LogP contribution in [0.15, 0.2) is 78.9 Å². The van der Waals surface area contributed by atoms with Crippen molar-refractivity contribution in [2.45, 2.75) is 6.04 Å². The topological polar surface area (TPSA) is 19.4 Å². The van der Waals surface area contributed by atoms with E-state index in [1.807, 2.05) is 6.07 Å². The van der Waals surface area contributed by atoms with Gasteiger partial charge in [-0.15, -0.1) is 0 Å². The average Bonchev–Trinajstić information content (AvgIpc) is 2.70. The van der Waals surface area contributed by atoms with Gasteiger partial charge >= 0.3 is 0 Å². The molecule has 0 N–H and O–H groups in total. The van der Waals surface area contributed by atoms with Crippen LogP contribution in [-0.2, 0) is 0 Å². The van der Waals surface area contributed by atoms with Crippen LogP contribution in [0.5, 0.6) is 0 Å². The Morgan fingerprint density at radius 3 is 1.81 bits per heavy atom. The molecule has 26 heavy (non-hydrogen) atoms. The maximum Gasteiger partial charge on any atom is 0.214 e. The van der Waals surface area contributed by atoms with Crippen LogP contribution < -0.4 is 4.90 Å². The number of anilines is 1. The highest BCUT2D eigenvalue weighted by molar-refractivity contribution is 5.39. The van der Waals surface area contributed by atoms with Gasteiger partial charge in [0.15, 0.2) is 0 Å². The molecule has 1 saturated heterocycles. The van der Waals surface area contributed by atoms with Crippen molar-refractivity contribution in [1.82, 2.24) is 9.88 Å². The molecule has 0 spiro atoms. The van der Waals surface area contributed by atoms with Gasteiger partial charge < -0.3 is 4.90 Å². The molecule has 2 aromatic carbocycles. The van der Waals surface area contributed by atoms with Crippen LogP contribution in [0.1, 0.15) is 17.2 Å². The zero-order valence-corrected chi connectivity index (χ0v) is 14.6. The van der Waals surface area contributed by atoms with Gasteiger partial charge in [0, 0.05) is 26.2 Å². The number of nitrogens with zero attached hydrogens (tertiary/aromatic N) is 3. The Hall–Kier alpha value is -2.72. The predicted octanol–water partition coefficient (Wildman–Crippen LogP) is 4.13. The van der Waals surface area contributed by atoms with Gasteiger partial charge in [0.1, 0.15) is 5.82 Å². The molecular formula is C22H22FN3. The third-order valence-corrected chi connectivity index (χ3v) is 4.93. The summed E-state index contributed by atoms with van der Waals surface area (Å²) < 4.78 is 13.4. The summed E-state index contributed by atoms with van der Waals surface area (Å²) in [6, 6.07) is 26.5. The Balaban J connectivity index is 1.55. The lowest BCUT2D eigenvalue weighted by Crippen LogP contribution is -2.48. The number of piperazine rings is 1. The zero-order chi connectivity index (χ0) is 17.8. The van der Waals surface area contributed by atoms with Crippen LogP contribution in [-0.4, -0.2) is 36.1 Å². The van der Waals surface area contributed by atoms with E-state index < -0.39 is 5.95 Å². The third-order valence-electron chi connectivity index (χ3n) is 4.93. The van der Waals surface area contributed by atoms with E-state index in [2.05, 4.69) is 75.4 Å². The van der Waals surface area contributed by atoms with Gasteiger partial charge in [-0.1, -0.05) is 66.7 Å². The standard InChI is InChI=1S/C22H22FN3/c23-20-12-7-13-21(24-20)25-14-16-26(17-15-25)22(18-8-3-1-4-9-18)19-10-5-2-6-11-19/h1-13,22H,14-17H2. The molecule has 4 heteroatoms. The van der Waals surface area contributed by atoms with Gasteiger partial charge in [0.25, 0.3) is 0 Å². The fourth-order valence-electron chi connectivity index (χ4n) is 3.67. The van der Waals surface area contributed by atoms with Crippen LogP contribution in [0, 0.1) is 5.95 Å². The molecule has 0 saturated carbocycles. The van der Waals surface area contributed by atoms with Crippen molar-refractivity contribution >= 4 is 5.82 Å². The number of benzene rings is 2. The molecule has 0 radical (unpaired) electrons. The van der Waals surface area contributed by atoms with Gasteiger partial charge in [0.2, 0.25) is 5.95 Å². The minimum absolute atomic E-state index is 0.236. The van der Waals surface area contributed by atoms with Crippen molar-refractivity contribution in [2.75, 3.05) is 31.1 Å². The van der Waals surface area contributed by atoms with E-state index in [0.717, 1.165) is 32.0 Å². The molecule has 0 aliphatic carbocycles. The Bertz CT molecular complexity index is 791. The number of halogens is 1. The van der Waals surface area contributed by atoms with Gasteiger partial charge in [-0.25, -0.2) is 4.98 Å². The van der Waals surface area contributed by atoms with E-state index in [1.54, 1.807) is 6.07 Å².